The number of amides is 2. The first-order valence-corrected chi connectivity index (χ1v) is 7.63. The van der Waals surface area contributed by atoms with Crippen LogP contribution >= 0.6 is 0 Å². The first-order valence-electron chi connectivity index (χ1n) is 7.63. The molecule has 130 valence electrons. The minimum absolute atomic E-state index is 0.102. The van der Waals surface area contributed by atoms with E-state index in [1.165, 1.54) is 13.3 Å². The van der Waals surface area contributed by atoms with E-state index in [0.29, 0.717) is 18.5 Å². The second-order valence-corrected chi connectivity index (χ2v) is 5.09. The molecule has 2 rings (SSSR count). The first-order chi connectivity index (χ1) is 12.1. The van der Waals surface area contributed by atoms with Gasteiger partial charge in [0.15, 0.2) is 11.5 Å². The molecule has 2 aromatic carbocycles. The summed E-state index contributed by atoms with van der Waals surface area (Å²) in [5, 5.41) is 16.1. The number of para-hydroxylation sites is 1. The van der Waals surface area contributed by atoms with E-state index >= 15 is 0 Å². The summed E-state index contributed by atoms with van der Waals surface area (Å²) < 4.78 is 4.97. The molecule has 0 unspecified atom stereocenters. The number of hydrazone groups is 1. The molecule has 0 saturated heterocycles. The molecule has 0 aliphatic carbocycles. The third-order valence-corrected chi connectivity index (χ3v) is 3.37. The van der Waals surface area contributed by atoms with E-state index in [9.17, 15) is 14.7 Å². The van der Waals surface area contributed by atoms with E-state index in [1.54, 1.807) is 18.2 Å². The zero-order valence-electron chi connectivity index (χ0n) is 13.7. The van der Waals surface area contributed by atoms with Gasteiger partial charge in [0.1, 0.15) is 0 Å². The Balaban J connectivity index is 1.80. The van der Waals surface area contributed by atoms with Crippen LogP contribution in [0.2, 0.25) is 0 Å². The summed E-state index contributed by atoms with van der Waals surface area (Å²) in [6.45, 7) is 0.344. The number of hydrogen-bond acceptors (Lipinski definition) is 5. The molecule has 0 radical (unpaired) electrons. The van der Waals surface area contributed by atoms with Gasteiger partial charge in [-0.2, -0.15) is 5.10 Å². The Labute approximate surface area is 145 Å². The van der Waals surface area contributed by atoms with Gasteiger partial charge in [0.2, 0.25) is 0 Å². The molecule has 0 fully saturated rings. The molecular formula is C18H19N3O4. The Morgan fingerprint density at radius 1 is 1.12 bits per heavy atom. The summed E-state index contributed by atoms with van der Waals surface area (Å²) in [7, 11) is 1.43. The molecule has 0 aromatic heterocycles. The van der Waals surface area contributed by atoms with E-state index in [-0.39, 0.29) is 11.5 Å². The van der Waals surface area contributed by atoms with Crippen molar-refractivity contribution in [3.63, 3.8) is 0 Å². The van der Waals surface area contributed by atoms with E-state index in [4.69, 9.17) is 4.74 Å². The predicted molar refractivity (Wildman–Crippen MR) is 93.6 cm³/mol. The summed E-state index contributed by atoms with van der Waals surface area (Å²) >= 11 is 0. The van der Waals surface area contributed by atoms with E-state index in [2.05, 4.69) is 15.8 Å². The maximum atomic E-state index is 11.7. The van der Waals surface area contributed by atoms with Gasteiger partial charge in [0.05, 0.1) is 13.3 Å². The molecule has 7 nitrogen and oxygen atoms in total. The third kappa shape index (κ3) is 5.35. The Morgan fingerprint density at radius 2 is 1.88 bits per heavy atom. The molecular weight excluding hydrogens is 322 g/mol. The topological polar surface area (TPSA) is 100 Å². The lowest BCUT2D eigenvalue weighted by Crippen LogP contribution is -2.38. The lowest BCUT2D eigenvalue weighted by Gasteiger charge is -2.05. The van der Waals surface area contributed by atoms with E-state index in [0.717, 1.165) is 5.56 Å². The average Bonchev–Trinajstić information content (AvgIpc) is 2.63. The number of hydrogen-bond donors (Lipinski definition) is 3. The zero-order valence-corrected chi connectivity index (χ0v) is 13.7. The van der Waals surface area contributed by atoms with Crippen molar-refractivity contribution in [2.75, 3.05) is 13.7 Å². The van der Waals surface area contributed by atoms with Gasteiger partial charge >= 0.3 is 11.8 Å². The van der Waals surface area contributed by atoms with Crippen molar-refractivity contribution in [3.8, 4) is 11.5 Å². The Kier molecular flexibility index (Phi) is 6.53. The highest BCUT2D eigenvalue weighted by Gasteiger charge is 2.12. The molecule has 0 saturated carbocycles. The van der Waals surface area contributed by atoms with Crippen molar-refractivity contribution >= 4 is 18.0 Å². The molecule has 0 aliphatic heterocycles. The Hall–Kier alpha value is -3.35. The molecule has 0 heterocycles. The van der Waals surface area contributed by atoms with Crippen molar-refractivity contribution in [1.29, 1.82) is 0 Å². The number of phenolic OH excluding ortho intramolecular Hbond substituents is 1. The number of aromatic hydroxyl groups is 1. The van der Waals surface area contributed by atoms with E-state index in [1.807, 2.05) is 30.3 Å². The number of methoxy groups -OCH3 is 1. The molecule has 25 heavy (non-hydrogen) atoms. The quantitative estimate of drug-likeness (QED) is 0.418. The average molecular weight is 341 g/mol. The standard InChI is InChI=1S/C18H19N3O4/c1-25-15-9-5-8-14(16(15)22)12-20-21-18(24)17(23)19-11-10-13-6-3-2-4-7-13/h2-9,12,22H,10-11H2,1H3,(H,19,23)(H,21,24). The number of carbonyl (C=O) groups is 2. The lowest BCUT2D eigenvalue weighted by atomic mass is 10.1. The fourth-order valence-electron chi connectivity index (χ4n) is 2.06. The summed E-state index contributed by atoms with van der Waals surface area (Å²) in [6, 6.07) is 14.5. The number of rotatable bonds is 6. The highest BCUT2D eigenvalue weighted by molar-refractivity contribution is 6.35. The molecule has 0 bridgehead atoms. The zero-order chi connectivity index (χ0) is 18.1. The number of nitrogens with zero attached hydrogens (tertiary/aromatic N) is 1. The van der Waals surface area contributed by atoms with Crippen LogP contribution in [0.1, 0.15) is 11.1 Å². The fraction of sp³-hybridized carbons (Fsp3) is 0.167. The normalized spacial score (nSPS) is 10.4. The summed E-state index contributed by atoms with van der Waals surface area (Å²) in [5.74, 6) is -1.47. The minimum atomic E-state index is -0.883. The van der Waals surface area contributed by atoms with Crippen molar-refractivity contribution in [1.82, 2.24) is 10.7 Å². The van der Waals surface area contributed by atoms with Crippen LogP contribution in [0.25, 0.3) is 0 Å². The van der Waals surface area contributed by atoms with Gasteiger partial charge in [0, 0.05) is 12.1 Å². The minimum Gasteiger partial charge on any atom is -0.504 e. The number of ether oxygens (including phenoxy) is 1. The summed E-state index contributed by atoms with van der Waals surface area (Å²) in [5.41, 5.74) is 3.53. The second kappa shape index (κ2) is 9.07. The van der Waals surface area contributed by atoms with Crippen LogP contribution < -0.4 is 15.5 Å². The molecule has 0 spiro atoms. The number of phenols is 1. The van der Waals surface area contributed by atoms with Crippen LogP contribution in [-0.2, 0) is 16.0 Å². The van der Waals surface area contributed by atoms with Crippen LogP contribution in [0, 0.1) is 0 Å². The van der Waals surface area contributed by atoms with Crippen LogP contribution in [-0.4, -0.2) is 36.8 Å². The van der Waals surface area contributed by atoms with Gasteiger partial charge in [-0.3, -0.25) is 9.59 Å². The van der Waals surface area contributed by atoms with Gasteiger partial charge in [-0.15, -0.1) is 0 Å². The highest BCUT2D eigenvalue weighted by atomic mass is 16.5. The van der Waals surface area contributed by atoms with Crippen molar-refractivity contribution in [2.45, 2.75) is 6.42 Å². The van der Waals surface area contributed by atoms with Gasteiger partial charge in [0.25, 0.3) is 0 Å². The first kappa shape index (κ1) is 18.0. The van der Waals surface area contributed by atoms with Crippen LogP contribution in [0.4, 0.5) is 0 Å². The maximum Gasteiger partial charge on any atom is 0.329 e. The Bertz CT molecular complexity index is 760. The summed E-state index contributed by atoms with van der Waals surface area (Å²) in [6.07, 6.45) is 1.85. The number of carbonyl (C=O) groups excluding carboxylic acids is 2. The largest absolute Gasteiger partial charge is 0.504 e. The monoisotopic (exact) mass is 341 g/mol. The van der Waals surface area contributed by atoms with Gasteiger partial charge in [-0.1, -0.05) is 36.4 Å². The van der Waals surface area contributed by atoms with E-state index < -0.39 is 11.8 Å². The Morgan fingerprint density at radius 3 is 2.60 bits per heavy atom. The molecule has 7 heteroatoms. The van der Waals surface area contributed by atoms with Crippen LogP contribution in [0.15, 0.2) is 53.6 Å². The molecule has 3 N–H and O–H groups in total. The SMILES string of the molecule is COc1cccc(C=NNC(=O)C(=O)NCCc2ccccc2)c1O. The van der Waals surface area contributed by atoms with Crippen LogP contribution in [0.3, 0.4) is 0 Å². The molecule has 0 atom stereocenters. The smallest absolute Gasteiger partial charge is 0.329 e. The number of benzene rings is 2. The van der Waals surface area contributed by atoms with Gasteiger partial charge in [-0.05, 0) is 24.1 Å². The van der Waals surface area contributed by atoms with Crippen molar-refractivity contribution in [2.24, 2.45) is 5.10 Å². The van der Waals surface area contributed by atoms with Crippen molar-refractivity contribution in [3.05, 3.63) is 59.7 Å². The number of nitrogens with one attached hydrogen (secondary N) is 2. The third-order valence-electron chi connectivity index (χ3n) is 3.37. The maximum absolute atomic E-state index is 11.7. The van der Waals surface area contributed by atoms with Crippen LogP contribution in [0.5, 0.6) is 11.5 Å². The highest BCUT2D eigenvalue weighted by Crippen LogP contribution is 2.27. The van der Waals surface area contributed by atoms with Gasteiger partial charge in [-0.25, -0.2) is 5.43 Å². The molecule has 0 aliphatic rings. The fourth-order valence-corrected chi connectivity index (χ4v) is 2.06. The van der Waals surface area contributed by atoms with Gasteiger partial charge < -0.3 is 15.2 Å². The molecule has 2 amide bonds. The van der Waals surface area contributed by atoms with Crippen molar-refractivity contribution < 1.29 is 19.4 Å². The lowest BCUT2D eigenvalue weighted by molar-refractivity contribution is -0.139. The second-order valence-electron chi connectivity index (χ2n) is 5.09. The predicted octanol–water partition coefficient (Wildman–Crippen LogP) is 1.21. The summed E-state index contributed by atoms with van der Waals surface area (Å²) in [4.78, 5) is 23.3. The molecule has 2 aromatic rings.